The molecule has 0 amide bonds. The van der Waals surface area contributed by atoms with Crippen molar-refractivity contribution < 1.29 is 23.4 Å². The maximum Gasteiger partial charge on any atom is 0.240 e. The predicted octanol–water partition coefficient (Wildman–Crippen LogP) is -0.685. The second-order valence-electron chi connectivity index (χ2n) is 6.79. The minimum absolute atomic E-state index is 0.0977. The molecule has 2 aromatic heterocycles. The molecule has 3 aromatic rings. The Balaban J connectivity index is 1.51. The average molecular weight is 420 g/mol. The van der Waals surface area contributed by atoms with Crippen LogP contribution in [0.15, 0.2) is 41.8 Å². The molecule has 11 nitrogen and oxygen atoms in total. The van der Waals surface area contributed by atoms with Crippen LogP contribution in [0.3, 0.4) is 0 Å². The maximum absolute atomic E-state index is 12.5. The molecule has 4 atom stereocenters. The number of anilines is 1. The van der Waals surface area contributed by atoms with Gasteiger partial charge in [-0.05, 0) is 19.1 Å². The molecule has 1 aliphatic heterocycles. The zero-order valence-electron chi connectivity index (χ0n) is 15.4. The Labute approximate surface area is 166 Å². The highest BCUT2D eigenvalue weighted by Crippen LogP contribution is 2.31. The molecule has 0 saturated carbocycles. The van der Waals surface area contributed by atoms with Crippen molar-refractivity contribution in [3.63, 3.8) is 0 Å². The molecule has 3 heterocycles. The van der Waals surface area contributed by atoms with Gasteiger partial charge in [-0.1, -0.05) is 17.7 Å². The zero-order valence-corrected chi connectivity index (χ0v) is 16.2. The molecular formula is C17H20N6O5S. The van der Waals surface area contributed by atoms with Crippen molar-refractivity contribution in [1.29, 1.82) is 0 Å². The van der Waals surface area contributed by atoms with Crippen LogP contribution < -0.4 is 10.5 Å². The first-order valence-corrected chi connectivity index (χ1v) is 10.3. The lowest BCUT2D eigenvalue weighted by Gasteiger charge is -2.16. The summed E-state index contributed by atoms with van der Waals surface area (Å²) < 4.78 is 34.5. The normalized spacial score (nSPS) is 24.9. The molecule has 29 heavy (non-hydrogen) atoms. The van der Waals surface area contributed by atoms with Gasteiger partial charge in [-0.25, -0.2) is 28.1 Å². The second-order valence-corrected chi connectivity index (χ2v) is 8.56. The van der Waals surface area contributed by atoms with Crippen LogP contribution in [0.4, 0.5) is 5.82 Å². The summed E-state index contributed by atoms with van der Waals surface area (Å²) in [5, 5.41) is 20.8. The number of nitrogens with zero attached hydrogens (tertiary/aromatic N) is 4. The highest BCUT2D eigenvalue weighted by Gasteiger charge is 2.44. The van der Waals surface area contributed by atoms with Gasteiger partial charge < -0.3 is 20.7 Å². The molecule has 1 aromatic carbocycles. The first-order valence-electron chi connectivity index (χ1n) is 8.79. The van der Waals surface area contributed by atoms with Gasteiger partial charge in [0.2, 0.25) is 10.0 Å². The van der Waals surface area contributed by atoms with Crippen molar-refractivity contribution in [2.75, 3.05) is 12.3 Å². The van der Waals surface area contributed by atoms with Gasteiger partial charge >= 0.3 is 0 Å². The number of hydrogen-bond acceptors (Lipinski definition) is 9. The standard InChI is InChI=1S/C17H20N6O5S/c1-9-2-4-10(5-3-9)29(26,27)22-6-11-13(24)14(25)17(28-11)23-8-21-12-15(18)19-7-20-16(12)23/h2-5,7-8,11,13-14,17,22,24-25H,6H2,1H3,(H2,18,19,20). The number of hydrogen-bond donors (Lipinski definition) is 4. The highest BCUT2D eigenvalue weighted by atomic mass is 32.2. The van der Waals surface area contributed by atoms with Gasteiger partial charge in [-0.2, -0.15) is 0 Å². The van der Waals surface area contributed by atoms with Crippen LogP contribution in [-0.4, -0.2) is 63.0 Å². The summed E-state index contributed by atoms with van der Waals surface area (Å²) >= 11 is 0. The average Bonchev–Trinajstić information content (AvgIpc) is 3.24. The number of aryl methyl sites for hydroxylation is 1. The first-order chi connectivity index (χ1) is 13.8. The molecule has 0 bridgehead atoms. The van der Waals surface area contributed by atoms with E-state index in [1.165, 1.54) is 29.4 Å². The summed E-state index contributed by atoms with van der Waals surface area (Å²) in [4.78, 5) is 12.1. The Morgan fingerprint density at radius 1 is 1.17 bits per heavy atom. The Bertz CT molecular complexity index is 1130. The minimum Gasteiger partial charge on any atom is -0.387 e. The number of nitrogen functional groups attached to an aromatic ring is 1. The molecule has 1 saturated heterocycles. The van der Waals surface area contributed by atoms with E-state index >= 15 is 0 Å². The molecule has 0 aliphatic carbocycles. The van der Waals surface area contributed by atoms with Gasteiger partial charge in [0.05, 0.1) is 11.2 Å². The number of aliphatic hydroxyl groups is 2. The van der Waals surface area contributed by atoms with Gasteiger partial charge in [-0.3, -0.25) is 4.57 Å². The molecule has 5 N–H and O–H groups in total. The van der Waals surface area contributed by atoms with Crippen LogP contribution in [0.1, 0.15) is 11.8 Å². The van der Waals surface area contributed by atoms with Crippen LogP contribution in [-0.2, 0) is 14.8 Å². The van der Waals surface area contributed by atoms with Gasteiger partial charge in [0.15, 0.2) is 17.7 Å². The van der Waals surface area contributed by atoms with E-state index in [-0.39, 0.29) is 17.3 Å². The molecule has 154 valence electrons. The van der Waals surface area contributed by atoms with Crippen molar-refractivity contribution in [3.8, 4) is 0 Å². The van der Waals surface area contributed by atoms with E-state index in [0.717, 1.165) is 5.56 Å². The summed E-state index contributed by atoms with van der Waals surface area (Å²) in [6.07, 6.45) is -2.02. The topological polar surface area (TPSA) is 165 Å². The van der Waals surface area contributed by atoms with E-state index in [1.807, 2.05) is 6.92 Å². The molecule has 1 aliphatic rings. The van der Waals surface area contributed by atoms with E-state index in [0.29, 0.717) is 11.2 Å². The molecule has 4 rings (SSSR count). The molecule has 4 unspecified atom stereocenters. The van der Waals surface area contributed by atoms with Crippen molar-refractivity contribution in [1.82, 2.24) is 24.2 Å². The van der Waals surface area contributed by atoms with Gasteiger partial charge in [0.1, 0.15) is 30.2 Å². The second kappa shape index (κ2) is 7.31. The minimum atomic E-state index is -3.80. The fourth-order valence-corrected chi connectivity index (χ4v) is 4.22. The lowest BCUT2D eigenvalue weighted by atomic mass is 10.1. The number of nitrogens with one attached hydrogen (secondary N) is 1. The fraction of sp³-hybridized carbons (Fsp3) is 0.353. The van der Waals surface area contributed by atoms with Crippen LogP contribution in [0.2, 0.25) is 0 Å². The van der Waals surface area contributed by atoms with Crippen LogP contribution >= 0.6 is 0 Å². The molecule has 0 spiro atoms. The van der Waals surface area contributed by atoms with Gasteiger partial charge in [-0.15, -0.1) is 0 Å². The zero-order chi connectivity index (χ0) is 20.8. The molecule has 12 heteroatoms. The van der Waals surface area contributed by atoms with Crippen molar-refractivity contribution in [2.45, 2.75) is 36.4 Å². The lowest BCUT2D eigenvalue weighted by molar-refractivity contribution is -0.0330. The summed E-state index contributed by atoms with van der Waals surface area (Å²) in [5.74, 6) is 0.171. The number of sulfonamides is 1. The third-order valence-corrected chi connectivity index (χ3v) is 6.24. The largest absolute Gasteiger partial charge is 0.387 e. The van der Waals surface area contributed by atoms with Crippen LogP contribution in [0.25, 0.3) is 11.2 Å². The number of imidazole rings is 1. The summed E-state index contributed by atoms with van der Waals surface area (Å²) in [7, 11) is -3.80. The van der Waals surface area contributed by atoms with E-state index in [9.17, 15) is 18.6 Å². The van der Waals surface area contributed by atoms with E-state index in [1.54, 1.807) is 12.1 Å². The van der Waals surface area contributed by atoms with E-state index < -0.39 is 34.6 Å². The van der Waals surface area contributed by atoms with E-state index in [2.05, 4.69) is 19.7 Å². The number of benzene rings is 1. The lowest BCUT2D eigenvalue weighted by Crippen LogP contribution is -2.39. The van der Waals surface area contributed by atoms with Crippen molar-refractivity contribution in [3.05, 3.63) is 42.5 Å². The molecule has 0 radical (unpaired) electrons. The van der Waals surface area contributed by atoms with Crippen LogP contribution in [0.5, 0.6) is 0 Å². The monoisotopic (exact) mass is 420 g/mol. The SMILES string of the molecule is Cc1ccc(S(=O)(=O)NCC2OC(n3cnc4c(N)ncnc43)C(O)C2O)cc1. The molecular weight excluding hydrogens is 400 g/mol. The number of rotatable bonds is 5. The van der Waals surface area contributed by atoms with Gasteiger partial charge in [0, 0.05) is 6.54 Å². The predicted molar refractivity (Wildman–Crippen MR) is 102 cm³/mol. The van der Waals surface area contributed by atoms with E-state index in [4.69, 9.17) is 10.5 Å². The maximum atomic E-state index is 12.5. The third-order valence-electron chi connectivity index (χ3n) is 4.80. The molecule has 1 fully saturated rings. The quantitative estimate of drug-likeness (QED) is 0.418. The number of nitrogens with two attached hydrogens (primary N) is 1. The Morgan fingerprint density at radius 3 is 2.62 bits per heavy atom. The Hall–Kier alpha value is -2.64. The summed E-state index contributed by atoms with van der Waals surface area (Å²) in [5.41, 5.74) is 7.36. The number of fused-ring (bicyclic) bond motifs is 1. The number of aromatic nitrogens is 4. The fourth-order valence-electron chi connectivity index (χ4n) is 3.18. The highest BCUT2D eigenvalue weighted by molar-refractivity contribution is 7.89. The third kappa shape index (κ3) is 3.56. The van der Waals surface area contributed by atoms with Crippen molar-refractivity contribution >= 4 is 27.0 Å². The summed E-state index contributed by atoms with van der Waals surface area (Å²) in [6.45, 7) is 1.63. The Kier molecular flexibility index (Phi) is 4.96. The van der Waals surface area contributed by atoms with Gasteiger partial charge in [0.25, 0.3) is 0 Å². The van der Waals surface area contributed by atoms with Crippen molar-refractivity contribution in [2.24, 2.45) is 0 Å². The summed E-state index contributed by atoms with van der Waals surface area (Å²) in [6, 6.07) is 6.35. The van der Waals surface area contributed by atoms with Crippen LogP contribution in [0, 0.1) is 6.92 Å². The first kappa shape index (κ1) is 19.7. The number of ether oxygens (including phenoxy) is 1. The smallest absolute Gasteiger partial charge is 0.240 e. The Morgan fingerprint density at radius 2 is 1.90 bits per heavy atom. The number of aliphatic hydroxyl groups excluding tert-OH is 2.